The van der Waals surface area contributed by atoms with Crippen LogP contribution < -0.4 is 10.6 Å². The Morgan fingerprint density at radius 2 is 2.00 bits per heavy atom. The number of benzene rings is 1. The molecule has 0 saturated carbocycles. The summed E-state index contributed by atoms with van der Waals surface area (Å²) in [7, 11) is 0. The van der Waals surface area contributed by atoms with Crippen molar-refractivity contribution in [3.8, 4) is 0 Å². The molecule has 1 aliphatic heterocycles. The third-order valence-corrected chi connectivity index (χ3v) is 4.42. The molecule has 0 amide bonds. The maximum atomic E-state index is 5.73. The second-order valence-electron chi connectivity index (χ2n) is 4.67. The molecule has 1 aromatic carbocycles. The highest BCUT2D eigenvalue weighted by molar-refractivity contribution is 7.13. The maximum Gasteiger partial charge on any atom is 0.150 e. The van der Waals surface area contributed by atoms with Crippen molar-refractivity contribution in [2.75, 3.05) is 24.5 Å². The van der Waals surface area contributed by atoms with E-state index in [4.69, 9.17) is 5.73 Å². The number of fused-ring (bicyclic) bond motifs is 1. The van der Waals surface area contributed by atoms with Crippen LogP contribution in [-0.2, 0) is 0 Å². The molecule has 0 atom stereocenters. The van der Waals surface area contributed by atoms with Crippen LogP contribution in [0.5, 0.6) is 0 Å². The molecule has 18 heavy (non-hydrogen) atoms. The lowest BCUT2D eigenvalue weighted by molar-refractivity contribution is 0.414. The van der Waals surface area contributed by atoms with E-state index in [1.807, 2.05) is 0 Å². The van der Waals surface area contributed by atoms with Gasteiger partial charge in [-0.05, 0) is 49.0 Å². The first-order valence-electron chi connectivity index (χ1n) is 6.18. The van der Waals surface area contributed by atoms with Gasteiger partial charge in [0.1, 0.15) is 5.82 Å². The Labute approximate surface area is 118 Å². The molecule has 2 heterocycles. The summed E-state index contributed by atoms with van der Waals surface area (Å²) in [6.07, 6.45) is 2.39. The van der Waals surface area contributed by atoms with Crippen molar-refractivity contribution in [1.29, 1.82) is 0 Å². The van der Waals surface area contributed by atoms with Gasteiger partial charge >= 0.3 is 0 Å². The Kier molecular flexibility index (Phi) is 4.43. The highest BCUT2D eigenvalue weighted by Crippen LogP contribution is 2.31. The molecule has 2 aromatic rings. The van der Waals surface area contributed by atoms with Crippen LogP contribution >= 0.6 is 23.9 Å². The van der Waals surface area contributed by atoms with E-state index in [1.165, 1.54) is 28.7 Å². The fourth-order valence-corrected chi connectivity index (χ4v) is 3.28. The number of piperidine rings is 1. The average molecular weight is 284 g/mol. The highest BCUT2D eigenvalue weighted by atomic mass is 35.5. The summed E-state index contributed by atoms with van der Waals surface area (Å²) in [4.78, 5) is 2.41. The van der Waals surface area contributed by atoms with Gasteiger partial charge in [0.25, 0.3) is 0 Å². The first-order chi connectivity index (χ1) is 8.38. The van der Waals surface area contributed by atoms with Crippen LogP contribution in [0, 0.1) is 5.92 Å². The Morgan fingerprint density at radius 3 is 2.72 bits per heavy atom. The fraction of sp³-hybridized carbons (Fsp3) is 0.462. The average Bonchev–Trinajstić information content (AvgIpc) is 2.83. The van der Waals surface area contributed by atoms with Crippen molar-refractivity contribution < 1.29 is 0 Å². The molecule has 0 radical (unpaired) electrons. The minimum absolute atomic E-state index is 0. The van der Waals surface area contributed by atoms with E-state index >= 15 is 0 Å². The number of hydrogen-bond acceptors (Lipinski definition) is 4. The minimum Gasteiger partial charge on any atom is -0.355 e. The number of halogens is 1. The van der Waals surface area contributed by atoms with Gasteiger partial charge in [-0.1, -0.05) is 12.1 Å². The number of anilines is 1. The van der Waals surface area contributed by atoms with Gasteiger partial charge in [0.2, 0.25) is 0 Å². The van der Waals surface area contributed by atoms with Gasteiger partial charge in [-0.25, -0.2) is 0 Å². The number of rotatable bonds is 2. The molecule has 1 aliphatic rings. The first-order valence-corrected chi connectivity index (χ1v) is 6.95. The fourth-order valence-electron chi connectivity index (χ4n) is 2.48. The van der Waals surface area contributed by atoms with Gasteiger partial charge in [-0.2, -0.15) is 4.37 Å². The molecule has 0 aliphatic carbocycles. The van der Waals surface area contributed by atoms with Crippen molar-refractivity contribution in [3.05, 3.63) is 24.3 Å². The highest BCUT2D eigenvalue weighted by Gasteiger charge is 2.21. The lowest BCUT2D eigenvalue weighted by Crippen LogP contribution is -2.36. The third kappa shape index (κ3) is 2.46. The van der Waals surface area contributed by atoms with Crippen LogP contribution in [0.1, 0.15) is 12.8 Å². The number of hydrogen-bond donors (Lipinski definition) is 1. The SMILES string of the molecule is Cl.NCC1CCN(c2nsc3ccccc23)CC1. The summed E-state index contributed by atoms with van der Waals surface area (Å²) in [5.41, 5.74) is 5.73. The monoisotopic (exact) mass is 283 g/mol. The first kappa shape index (κ1) is 13.6. The predicted molar refractivity (Wildman–Crippen MR) is 80.9 cm³/mol. The maximum absolute atomic E-state index is 5.73. The van der Waals surface area contributed by atoms with Gasteiger partial charge in [0.15, 0.2) is 0 Å². The molecule has 1 aromatic heterocycles. The van der Waals surface area contributed by atoms with Crippen LogP contribution in [-0.4, -0.2) is 24.0 Å². The quantitative estimate of drug-likeness (QED) is 0.921. The van der Waals surface area contributed by atoms with E-state index in [0.29, 0.717) is 5.92 Å². The summed E-state index contributed by atoms with van der Waals surface area (Å²) in [5.74, 6) is 1.87. The van der Waals surface area contributed by atoms with Gasteiger partial charge in [0, 0.05) is 18.5 Å². The molecule has 5 heteroatoms. The van der Waals surface area contributed by atoms with Crippen LogP contribution in [0.3, 0.4) is 0 Å². The summed E-state index contributed by atoms with van der Waals surface area (Å²) >= 11 is 1.60. The molecule has 0 unspecified atom stereocenters. The number of aromatic nitrogens is 1. The molecule has 1 fully saturated rings. The van der Waals surface area contributed by atoms with Gasteiger partial charge < -0.3 is 10.6 Å². The van der Waals surface area contributed by atoms with Crippen LogP contribution in [0.25, 0.3) is 10.1 Å². The van der Waals surface area contributed by atoms with Crippen LogP contribution in [0.15, 0.2) is 24.3 Å². The van der Waals surface area contributed by atoms with E-state index < -0.39 is 0 Å². The molecule has 0 spiro atoms. The molecule has 3 nitrogen and oxygen atoms in total. The predicted octanol–water partition coefficient (Wildman–Crippen LogP) is 2.89. The molecular weight excluding hydrogens is 266 g/mol. The molecule has 98 valence electrons. The zero-order valence-electron chi connectivity index (χ0n) is 10.2. The second kappa shape index (κ2) is 5.87. The van der Waals surface area contributed by atoms with E-state index in [9.17, 15) is 0 Å². The largest absolute Gasteiger partial charge is 0.355 e. The Balaban J connectivity index is 0.00000120. The lowest BCUT2D eigenvalue weighted by atomic mass is 9.97. The van der Waals surface area contributed by atoms with Gasteiger partial charge in [-0.15, -0.1) is 12.4 Å². The summed E-state index contributed by atoms with van der Waals surface area (Å²) < 4.78 is 5.89. The van der Waals surface area contributed by atoms with Crippen LogP contribution in [0.4, 0.5) is 5.82 Å². The summed E-state index contributed by atoms with van der Waals surface area (Å²) in [5, 5.41) is 1.30. The van der Waals surface area contributed by atoms with Crippen molar-refractivity contribution in [2.24, 2.45) is 11.7 Å². The smallest absolute Gasteiger partial charge is 0.150 e. The van der Waals surface area contributed by atoms with E-state index in [0.717, 1.165) is 19.6 Å². The normalized spacial score (nSPS) is 16.8. The second-order valence-corrected chi connectivity index (χ2v) is 5.47. The lowest BCUT2D eigenvalue weighted by Gasteiger charge is -2.31. The van der Waals surface area contributed by atoms with Crippen LogP contribution in [0.2, 0.25) is 0 Å². The zero-order valence-corrected chi connectivity index (χ0v) is 11.8. The molecule has 1 saturated heterocycles. The standard InChI is InChI=1S/C13H17N3S.ClH/c14-9-10-5-7-16(8-6-10)13-11-3-1-2-4-12(11)17-15-13;/h1-4,10H,5-9,14H2;1H. The van der Waals surface area contributed by atoms with E-state index in [1.54, 1.807) is 11.5 Å². The van der Waals surface area contributed by atoms with E-state index in [2.05, 4.69) is 33.5 Å². The summed E-state index contributed by atoms with van der Waals surface area (Å²) in [6, 6.07) is 8.48. The Hall–Kier alpha value is -0.840. The van der Waals surface area contributed by atoms with Crippen molar-refractivity contribution >= 4 is 39.8 Å². The molecule has 0 bridgehead atoms. The summed E-state index contributed by atoms with van der Waals surface area (Å²) in [6.45, 7) is 3.01. The van der Waals surface area contributed by atoms with Crippen molar-refractivity contribution in [1.82, 2.24) is 4.37 Å². The topological polar surface area (TPSA) is 42.1 Å². The minimum atomic E-state index is 0. The molecular formula is C13H18ClN3S. The molecule has 2 N–H and O–H groups in total. The van der Waals surface area contributed by atoms with Crippen molar-refractivity contribution in [2.45, 2.75) is 12.8 Å². The number of nitrogens with zero attached hydrogens (tertiary/aromatic N) is 2. The van der Waals surface area contributed by atoms with Crippen molar-refractivity contribution in [3.63, 3.8) is 0 Å². The number of nitrogens with two attached hydrogens (primary N) is 1. The molecule has 3 rings (SSSR count). The zero-order chi connectivity index (χ0) is 11.7. The Morgan fingerprint density at radius 1 is 1.28 bits per heavy atom. The van der Waals surface area contributed by atoms with E-state index in [-0.39, 0.29) is 12.4 Å². The third-order valence-electron chi connectivity index (χ3n) is 3.61. The van der Waals surface area contributed by atoms with Gasteiger partial charge in [-0.3, -0.25) is 0 Å². The Bertz CT molecular complexity index is 506. The van der Waals surface area contributed by atoms with Gasteiger partial charge in [0.05, 0.1) is 4.70 Å².